The smallest absolute Gasteiger partial charge is 0.308 e. The van der Waals surface area contributed by atoms with Gasteiger partial charge >= 0.3 is 5.97 Å². The van der Waals surface area contributed by atoms with Gasteiger partial charge in [-0.05, 0) is 37.8 Å². The van der Waals surface area contributed by atoms with Gasteiger partial charge in [-0.1, -0.05) is 0 Å². The summed E-state index contributed by atoms with van der Waals surface area (Å²) >= 11 is 0. The monoisotopic (exact) mass is 455 g/mol. The number of aromatic nitrogens is 3. The normalized spacial score (nSPS) is 15.8. The molecule has 176 valence electrons. The summed E-state index contributed by atoms with van der Waals surface area (Å²) in [5.41, 5.74) is 3.61. The Morgan fingerprint density at radius 1 is 0.939 bits per heavy atom. The molecule has 11 nitrogen and oxygen atoms in total. The second kappa shape index (κ2) is 10.3. The molecular weight excluding hydrogens is 426 g/mol. The molecule has 0 amide bonds. The molecule has 33 heavy (non-hydrogen) atoms. The van der Waals surface area contributed by atoms with Crippen LogP contribution in [0, 0.1) is 0 Å². The minimum atomic E-state index is -0.466. The van der Waals surface area contributed by atoms with E-state index in [-0.39, 0.29) is 5.75 Å². The molecular formula is C22H29N7O4. The number of nitrogens with zero attached hydrogens (tertiary/aromatic N) is 6. The molecule has 1 aromatic carbocycles. The summed E-state index contributed by atoms with van der Waals surface area (Å²) in [5, 5.41) is 4.31. The van der Waals surface area contributed by atoms with Crippen LogP contribution in [0.3, 0.4) is 0 Å². The van der Waals surface area contributed by atoms with Gasteiger partial charge in [-0.2, -0.15) is 20.1 Å². The third kappa shape index (κ3) is 5.41. The fourth-order valence-electron chi connectivity index (χ4n) is 3.90. The van der Waals surface area contributed by atoms with Crippen molar-refractivity contribution in [3.8, 4) is 17.2 Å². The Kier molecular flexibility index (Phi) is 7.06. The van der Waals surface area contributed by atoms with Crippen LogP contribution >= 0.6 is 0 Å². The van der Waals surface area contributed by atoms with Gasteiger partial charge in [-0.25, -0.2) is 5.43 Å². The van der Waals surface area contributed by atoms with Gasteiger partial charge < -0.3 is 24.0 Å². The molecule has 2 aromatic rings. The number of esters is 1. The summed E-state index contributed by atoms with van der Waals surface area (Å²) in [6.45, 7) is 5.10. The average Bonchev–Trinajstić information content (AvgIpc) is 3.54. The van der Waals surface area contributed by atoms with E-state index in [1.54, 1.807) is 18.3 Å². The van der Waals surface area contributed by atoms with Crippen molar-refractivity contribution in [2.45, 2.75) is 32.6 Å². The van der Waals surface area contributed by atoms with E-state index in [0.717, 1.165) is 51.9 Å². The molecule has 0 atom stereocenters. The predicted molar refractivity (Wildman–Crippen MR) is 125 cm³/mol. The Morgan fingerprint density at radius 3 is 1.91 bits per heavy atom. The van der Waals surface area contributed by atoms with E-state index in [9.17, 15) is 4.79 Å². The lowest BCUT2D eigenvalue weighted by Crippen LogP contribution is -2.25. The zero-order valence-corrected chi connectivity index (χ0v) is 19.2. The van der Waals surface area contributed by atoms with Gasteiger partial charge in [0.05, 0.1) is 20.4 Å². The highest BCUT2D eigenvalue weighted by Crippen LogP contribution is 2.38. The molecule has 0 radical (unpaired) electrons. The van der Waals surface area contributed by atoms with Crippen molar-refractivity contribution in [2.24, 2.45) is 5.10 Å². The number of ether oxygens (including phenoxy) is 3. The second-order valence-corrected chi connectivity index (χ2v) is 7.87. The van der Waals surface area contributed by atoms with Gasteiger partial charge in [0.2, 0.25) is 23.6 Å². The van der Waals surface area contributed by atoms with Crippen LogP contribution < -0.4 is 29.4 Å². The van der Waals surface area contributed by atoms with Crippen molar-refractivity contribution in [3.63, 3.8) is 0 Å². The molecule has 2 saturated heterocycles. The maximum absolute atomic E-state index is 11.4. The number of hydrogen-bond acceptors (Lipinski definition) is 11. The summed E-state index contributed by atoms with van der Waals surface area (Å²) in [6, 6.07) is 3.40. The zero-order valence-electron chi connectivity index (χ0n) is 19.2. The van der Waals surface area contributed by atoms with Crippen molar-refractivity contribution in [2.75, 3.05) is 55.6 Å². The summed E-state index contributed by atoms with van der Waals surface area (Å²) in [5.74, 6) is 2.22. The Morgan fingerprint density at radius 2 is 1.45 bits per heavy atom. The van der Waals surface area contributed by atoms with Crippen LogP contribution in [0.25, 0.3) is 0 Å². The summed E-state index contributed by atoms with van der Waals surface area (Å²) in [7, 11) is 2.98. The van der Waals surface area contributed by atoms with Crippen molar-refractivity contribution < 1.29 is 19.0 Å². The largest absolute Gasteiger partial charge is 0.493 e. The van der Waals surface area contributed by atoms with Gasteiger partial charge in [0.15, 0.2) is 11.5 Å². The van der Waals surface area contributed by atoms with Crippen LogP contribution in [0.1, 0.15) is 38.2 Å². The number of methoxy groups -OCH3 is 2. The van der Waals surface area contributed by atoms with Crippen LogP contribution in [-0.4, -0.2) is 67.5 Å². The van der Waals surface area contributed by atoms with Crippen LogP contribution in [0.5, 0.6) is 17.2 Å². The van der Waals surface area contributed by atoms with E-state index in [4.69, 9.17) is 19.2 Å². The van der Waals surface area contributed by atoms with Gasteiger partial charge in [0.25, 0.3) is 0 Å². The first kappa shape index (κ1) is 22.6. The maximum atomic E-state index is 11.4. The average molecular weight is 456 g/mol. The molecule has 0 unspecified atom stereocenters. The molecule has 4 rings (SSSR count). The van der Waals surface area contributed by atoms with E-state index in [1.807, 2.05) is 0 Å². The first-order valence-electron chi connectivity index (χ1n) is 11.1. The third-order valence-electron chi connectivity index (χ3n) is 5.50. The Labute approximate surface area is 192 Å². The fraction of sp³-hybridized carbons (Fsp3) is 0.500. The SMILES string of the molecule is COc1cc(/C=N\Nc2nc(N3CCCC3)nc(N3CCCC3)n2)cc(OC)c1OC(C)=O. The quantitative estimate of drug-likeness (QED) is 0.275. The van der Waals surface area contributed by atoms with Gasteiger partial charge in [-0.3, -0.25) is 4.79 Å². The predicted octanol–water partition coefficient (Wildman–Crippen LogP) is 2.46. The van der Waals surface area contributed by atoms with Crippen molar-refractivity contribution in [1.82, 2.24) is 15.0 Å². The van der Waals surface area contributed by atoms with Crippen LogP contribution in [0.4, 0.5) is 17.8 Å². The highest BCUT2D eigenvalue weighted by atomic mass is 16.6. The lowest BCUT2D eigenvalue weighted by Gasteiger charge is -2.20. The molecule has 0 spiro atoms. The Hall–Kier alpha value is -3.63. The minimum Gasteiger partial charge on any atom is -0.493 e. The number of nitrogens with one attached hydrogen (secondary N) is 1. The molecule has 0 bridgehead atoms. The molecule has 2 fully saturated rings. The summed E-state index contributed by atoms with van der Waals surface area (Å²) < 4.78 is 15.9. The van der Waals surface area contributed by atoms with Crippen LogP contribution in [0.15, 0.2) is 17.2 Å². The number of hydrazone groups is 1. The number of carbonyl (C=O) groups is 1. The first-order chi connectivity index (χ1) is 16.1. The number of anilines is 3. The molecule has 0 aliphatic carbocycles. The van der Waals surface area contributed by atoms with Gasteiger partial charge in [0.1, 0.15) is 0 Å². The van der Waals surface area contributed by atoms with Gasteiger partial charge in [-0.15, -0.1) is 0 Å². The fourth-order valence-corrected chi connectivity index (χ4v) is 3.90. The second-order valence-electron chi connectivity index (χ2n) is 7.87. The van der Waals surface area contributed by atoms with E-state index in [1.165, 1.54) is 21.1 Å². The molecule has 0 saturated carbocycles. The molecule has 1 aromatic heterocycles. The number of rotatable bonds is 8. The highest BCUT2D eigenvalue weighted by Gasteiger charge is 2.21. The van der Waals surface area contributed by atoms with Crippen molar-refractivity contribution >= 4 is 30.0 Å². The van der Waals surface area contributed by atoms with E-state index in [2.05, 4.69) is 30.3 Å². The lowest BCUT2D eigenvalue weighted by atomic mass is 10.2. The zero-order chi connectivity index (χ0) is 23.2. The van der Waals surface area contributed by atoms with E-state index < -0.39 is 5.97 Å². The minimum absolute atomic E-state index is 0.223. The first-order valence-corrected chi connectivity index (χ1v) is 11.1. The Bertz CT molecular complexity index is 959. The topological polar surface area (TPSA) is 114 Å². The van der Waals surface area contributed by atoms with E-state index in [0.29, 0.717) is 34.9 Å². The van der Waals surface area contributed by atoms with Crippen molar-refractivity contribution in [3.05, 3.63) is 17.7 Å². The lowest BCUT2D eigenvalue weighted by molar-refractivity contribution is -0.132. The maximum Gasteiger partial charge on any atom is 0.308 e. The molecule has 3 heterocycles. The van der Waals surface area contributed by atoms with Gasteiger partial charge in [0, 0.05) is 38.7 Å². The van der Waals surface area contributed by atoms with Crippen molar-refractivity contribution in [1.29, 1.82) is 0 Å². The molecule has 2 aliphatic rings. The number of benzene rings is 1. The van der Waals surface area contributed by atoms with E-state index >= 15 is 0 Å². The Balaban J connectivity index is 1.56. The standard InChI is InChI=1S/C22H29N7O4/c1-15(30)33-19-17(31-2)12-16(13-18(19)32-3)14-23-27-20-24-21(28-8-4-5-9-28)26-22(25-20)29-10-6-7-11-29/h12-14H,4-11H2,1-3H3,(H,24,25,26,27)/b23-14-. The molecule has 11 heteroatoms. The van der Waals surface area contributed by atoms with Crippen LogP contribution in [0.2, 0.25) is 0 Å². The highest BCUT2D eigenvalue weighted by molar-refractivity contribution is 5.83. The summed E-state index contributed by atoms with van der Waals surface area (Å²) in [4.78, 5) is 29.6. The van der Waals surface area contributed by atoms with Crippen LogP contribution in [-0.2, 0) is 4.79 Å². The summed E-state index contributed by atoms with van der Waals surface area (Å²) in [6.07, 6.45) is 6.14. The number of carbonyl (C=O) groups excluding carboxylic acids is 1. The number of hydrogen-bond donors (Lipinski definition) is 1. The molecule has 2 aliphatic heterocycles. The third-order valence-corrected chi connectivity index (χ3v) is 5.50. The molecule has 1 N–H and O–H groups in total.